The Morgan fingerprint density at radius 2 is 2.21 bits per heavy atom. The third kappa shape index (κ3) is 3.09. The molecule has 14 heavy (non-hydrogen) atoms. The minimum Gasteiger partial charge on any atom is -0.388 e. The lowest BCUT2D eigenvalue weighted by Crippen LogP contribution is -2.11. The maximum absolute atomic E-state index is 9.79. The van der Waals surface area contributed by atoms with E-state index in [1.807, 2.05) is 26.0 Å². The number of methoxy groups -OCH3 is 1. The second kappa shape index (κ2) is 5.08. The molecule has 0 aliphatic carbocycles. The summed E-state index contributed by atoms with van der Waals surface area (Å²) in [5.74, 6) is 0. The van der Waals surface area contributed by atoms with Crippen molar-refractivity contribution in [2.75, 3.05) is 7.11 Å². The van der Waals surface area contributed by atoms with Gasteiger partial charge in [0.2, 0.25) is 0 Å². The molecule has 1 rings (SSSR count). The van der Waals surface area contributed by atoms with Crippen LogP contribution in [0.5, 0.6) is 0 Å². The number of pyridine rings is 1. The second-order valence-electron chi connectivity index (χ2n) is 3.53. The van der Waals surface area contributed by atoms with Crippen LogP contribution >= 0.6 is 0 Å². The zero-order valence-electron chi connectivity index (χ0n) is 8.90. The molecule has 0 bridgehead atoms. The SMILES string of the molecule is COC(C)CC(O)c1ccc(C)nc1. The van der Waals surface area contributed by atoms with Crippen LogP contribution in [-0.4, -0.2) is 23.3 Å². The van der Waals surface area contributed by atoms with Gasteiger partial charge in [-0.1, -0.05) is 6.07 Å². The third-order valence-electron chi connectivity index (χ3n) is 2.28. The molecule has 2 atom stereocenters. The summed E-state index contributed by atoms with van der Waals surface area (Å²) in [4.78, 5) is 4.13. The topological polar surface area (TPSA) is 42.4 Å². The van der Waals surface area contributed by atoms with Crippen molar-refractivity contribution in [3.63, 3.8) is 0 Å². The van der Waals surface area contributed by atoms with Gasteiger partial charge in [0.25, 0.3) is 0 Å². The molecule has 0 aliphatic rings. The summed E-state index contributed by atoms with van der Waals surface area (Å²) in [6.07, 6.45) is 1.88. The van der Waals surface area contributed by atoms with Crippen molar-refractivity contribution in [1.29, 1.82) is 0 Å². The van der Waals surface area contributed by atoms with Crippen molar-refractivity contribution in [3.8, 4) is 0 Å². The van der Waals surface area contributed by atoms with E-state index < -0.39 is 6.10 Å². The Balaban J connectivity index is 2.60. The zero-order valence-corrected chi connectivity index (χ0v) is 8.90. The van der Waals surface area contributed by atoms with Crippen molar-refractivity contribution in [2.24, 2.45) is 0 Å². The van der Waals surface area contributed by atoms with Crippen LogP contribution in [0.3, 0.4) is 0 Å². The molecule has 1 N–H and O–H groups in total. The molecule has 1 aromatic heterocycles. The molecule has 0 radical (unpaired) electrons. The highest BCUT2D eigenvalue weighted by atomic mass is 16.5. The molecule has 0 saturated heterocycles. The molecular formula is C11H17NO2. The van der Waals surface area contributed by atoms with Gasteiger partial charge < -0.3 is 9.84 Å². The molecule has 2 unspecified atom stereocenters. The Hall–Kier alpha value is -0.930. The third-order valence-corrected chi connectivity index (χ3v) is 2.28. The van der Waals surface area contributed by atoms with Crippen LogP contribution in [-0.2, 0) is 4.74 Å². The summed E-state index contributed by atoms with van der Waals surface area (Å²) in [7, 11) is 1.64. The van der Waals surface area contributed by atoms with Gasteiger partial charge >= 0.3 is 0 Å². The summed E-state index contributed by atoms with van der Waals surface area (Å²) in [5.41, 5.74) is 1.81. The summed E-state index contributed by atoms with van der Waals surface area (Å²) in [6.45, 7) is 3.86. The van der Waals surface area contributed by atoms with Crippen molar-refractivity contribution in [3.05, 3.63) is 29.6 Å². The predicted molar refractivity (Wildman–Crippen MR) is 55.0 cm³/mol. The molecular weight excluding hydrogens is 178 g/mol. The summed E-state index contributed by atoms with van der Waals surface area (Å²) >= 11 is 0. The van der Waals surface area contributed by atoms with Crippen molar-refractivity contribution >= 4 is 0 Å². The maximum Gasteiger partial charge on any atom is 0.0829 e. The number of aliphatic hydroxyl groups excluding tert-OH is 1. The highest BCUT2D eigenvalue weighted by Gasteiger charge is 2.11. The molecule has 0 aromatic carbocycles. The minimum absolute atomic E-state index is 0.0614. The molecule has 0 spiro atoms. The molecule has 0 saturated carbocycles. The molecule has 0 fully saturated rings. The second-order valence-corrected chi connectivity index (χ2v) is 3.53. The molecule has 78 valence electrons. The average Bonchev–Trinajstić information content (AvgIpc) is 2.18. The van der Waals surface area contributed by atoms with E-state index in [1.165, 1.54) is 0 Å². The van der Waals surface area contributed by atoms with Gasteiger partial charge in [-0.2, -0.15) is 0 Å². The number of aryl methyl sites for hydroxylation is 1. The van der Waals surface area contributed by atoms with E-state index in [4.69, 9.17) is 4.74 Å². The number of nitrogens with zero attached hydrogens (tertiary/aromatic N) is 1. The van der Waals surface area contributed by atoms with Gasteiger partial charge in [0.15, 0.2) is 0 Å². The largest absolute Gasteiger partial charge is 0.388 e. The van der Waals surface area contributed by atoms with Gasteiger partial charge in [0.1, 0.15) is 0 Å². The smallest absolute Gasteiger partial charge is 0.0829 e. The van der Waals surface area contributed by atoms with Gasteiger partial charge in [0.05, 0.1) is 12.2 Å². The van der Waals surface area contributed by atoms with Crippen LogP contribution in [0, 0.1) is 6.92 Å². The summed E-state index contributed by atoms with van der Waals surface area (Å²) < 4.78 is 5.09. The van der Waals surface area contributed by atoms with E-state index in [0.717, 1.165) is 11.3 Å². The predicted octanol–water partition coefficient (Wildman–Crippen LogP) is 1.85. The van der Waals surface area contributed by atoms with E-state index in [9.17, 15) is 5.11 Å². The number of aromatic nitrogens is 1. The van der Waals surface area contributed by atoms with Gasteiger partial charge in [-0.15, -0.1) is 0 Å². The summed E-state index contributed by atoms with van der Waals surface area (Å²) in [5, 5.41) is 9.79. The number of rotatable bonds is 4. The number of ether oxygens (including phenoxy) is 1. The zero-order chi connectivity index (χ0) is 10.6. The van der Waals surface area contributed by atoms with E-state index in [2.05, 4.69) is 4.98 Å². The Bertz CT molecular complexity index is 271. The average molecular weight is 195 g/mol. The van der Waals surface area contributed by atoms with Crippen LogP contribution in [0.2, 0.25) is 0 Å². The fourth-order valence-corrected chi connectivity index (χ4v) is 1.22. The van der Waals surface area contributed by atoms with E-state index >= 15 is 0 Å². The first-order chi connectivity index (χ1) is 6.63. The summed E-state index contributed by atoms with van der Waals surface area (Å²) in [6, 6.07) is 3.80. The van der Waals surface area contributed by atoms with Gasteiger partial charge in [-0.05, 0) is 25.5 Å². The van der Waals surface area contributed by atoms with Crippen LogP contribution in [0.15, 0.2) is 18.3 Å². The van der Waals surface area contributed by atoms with Crippen molar-refractivity contribution < 1.29 is 9.84 Å². The number of hydrogen-bond acceptors (Lipinski definition) is 3. The standard InChI is InChI=1S/C11H17NO2/c1-8-4-5-10(7-12-8)11(13)6-9(2)14-3/h4-5,7,9,11,13H,6H2,1-3H3. The number of aliphatic hydroxyl groups is 1. The fourth-order valence-electron chi connectivity index (χ4n) is 1.22. The molecule has 0 aliphatic heterocycles. The monoisotopic (exact) mass is 195 g/mol. The molecule has 1 aromatic rings. The number of hydrogen-bond donors (Lipinski definition) is 1. The Morgan fingerprint density at radius 1 is 1.50 bits per heavy atom. The maximum atomic E-state index is 9.79. The lowest BCUT2D eigenvalue weighted by Gasteiger charge is -2.15. The molecule has 3 heteroatoms. The first-order valence-corrected chi connectivity index (χ1v) is 4.77. The van der Waals surface area contributed by atoms with Crippen LogP contribution < -0.4 is 0 Å². The highest BCUT2D eigenvalue weighted by Crippen LogP contribution is 2.18. The fraction of sp³-hybridized carbons (Fsp3) is 0.545. The van der Waals surface area contributed by atoms with Gasteiger partial charge in [-0.3, -0.25) is 4.98 Å². The Kier molecular flexibility index (Phi) is 4.04. The first kappa shape index (κ1) is 11.1. The minimum atomic E-state index is -0.488. The van der Waals surface area contributed by atoms with Crippen LogP contribution in [0.4, 0.5) is 0 Å². The molecule has 1 heterocycles. The highest BCUT2D eigenvalue weighted by molar-refractivity contribution is 5.15. The van der Waals surface area contributed by atoms with Crippen molar-refractivity contribution in [1.82, 2.24) is 4.98 Å². The normalized spacial score (nSPS) is 15.1. The van der Waals surface area contributed by atoms with Crippen molar-refractivity contribution in [2.45, 2.75) is 32.5 Å². The molecule has 0 amide bonds. The van der Waals surface area contributed by atoms with E-state index in [0.29, 0.717) is 6.42 Å². The first-order valence-electron chi connectivity index (χ1n) is 4.77. The van der Waals surface area contributed by atoms with Gasteiger partial charge in [-0.25, -0.2) is 0 Å². The Labute approximate surface area is 84.7 Å². The molecule has 3 nitrogen and oxygen atoms in total. The van der Waals surface area contributed by atoms with Crippen LogP contribution in [0.25, 0.3) is 0 Å². The lowest BCUT2D eigenvalue weighted by molar-refractivity contribution is 0.0558. The lowest BCUT2D eigenvalue weighted by atomic mass is 10.1. The van der Waals surface area contributed by atoms with Crippen LogP contribution in [0.1, 0.15) is 30.7 Å². The van der Waals surface area contributed by atoms with E-state index in [-0.39, 0.29) is 6.10 Å². The van der Waals surface area contributed by atoms with E-state index in [1.54, 1.807) is 13.3 Å². The van der Waals surface area contributed by atoms with Gasteiger partial charge in [0, 0.05) is 25.4 Å². The quantitative estimate of drug-likeness (QED) is 0.797. The Morgan fingerprint density at radius 3 is 2.71 bits per heavy atom.